The number of halogens is 1. The number of likely N-dealkylation sites (tertiary alicyclic amines) is 1. The number of rotatable bonds is 6. The molecule has 0 unspecified atom stereocenters. The minimum atomic E-state index is -3.60. The summed E-state index contributed by atoms with van der Waals surface area (Å²) in [5, 5.41) is 3.01. The Bertz CT molecular complexity index is 643. The number of hydrogen-bond donors (Lipinski definition) is 2. The maximum absolute atomic E-state index is 12.2. The van der Waals surface area contributed by atoms with E-state index in [-0.39, 0.29) is 21.4 Å². The molecule has 1 aliphatic rings. The van der Waals surface area contributed by atoms with Gasteiger partial charge in [-0.15, -0.1) is 0 Å². The molecule has 8 heteroatoms. The Morgan fingerprint density at radius 2 is 2.00 bits per heavy atom. The highest BCUT2D eigenvalue weighted by atomic mass is 35.5. The maximum Gasteiger partial charge on any atom is 0.252 e. The summed E-state index contributed by atoms with van der Waals surface area (Å²) in [4.78, 5) is 14.5. The second-order valence-corrected chi connectivity index (χ2v) is 7.45. The van der Waals surface area contributed by atoms with Crippen LogP contribution >= 0.6 is 11.6 Å². The summed E-state index contributed by atoms with van der Waals surface area (Å²) in [6.07, 6.45) is 2.40. The molecule has 6 nitrogen and oxygen atoms in total. The van der Waals surface area contributed by atoms with E-state index in [2.05, 4.69) is 14.9 Å². The Kier molecular flexibility index (Phi) is 5.80. The van der Waals surface area contributed by atoms with E-state index in [0.717, 1.165) is 19.6 Å². The quantitative estimate of drug-likeness (QED) is 0.808. The first-order chi connectivity index (χ1) is 10.4. The molecule has 1 heterocycles. The number of hydrogen-bond acceptors (Lipinski definition) is 4. The number of carbonyl (C=O) groups excluding carboxylic acids is 1. The van der Waals surface area contributed by atoms with E-state index < -0.39 is 10.0 Å². The molecule has 0 radical (unpaired) electrons. The molecule has 0 aromatic heterocycles. The van der Waals surface area contributed by atoms with Crippen molar-refractivity contribution in [3.63, 3.8) is 0 Å². The van der Waals surface area contributed by atoms with Crippen LogP contribution in [0.25, 0.3) is 0 Å². The number of nitrogens with one attached hydrogen (secondary N) is 2. The predicted octanol–water partition coefficient (Wildman–Crippen LogP) is 1.07. The molecule has 1 amide bonds. The lowest BCUT2D eigenvalue weighted by Gasteiger charge is -2.15. The highest BCUT2D eigenvalue weighted by molar-refractivity contribution is 7.89. The lowest BCUT2D eigenvalue weighted by molar-refractivity contribution is 0.0949. The summed E-state index contributed by atoms with van der Waals surface area (Å²) >= 11 is 6.00. The van der Waals surface area contributed by atoms with E-state index in [1.165, 1.54) is 38.1 Å². The van der Waals surface area contributed by atoms with Gasteiger partial charge in [0.1, 0.15) is 0 Å². The molecule has 1 saturated heterocycles. The molecule has 1 aliphatic heterocycles. The summed E-state index contributed by atoms with van der Waals surface area (Å²) in [6.45, 7) is 3.43. The van der Waals surface area contributed by atoms with Crippen LogP contribution < -0.4 is 10.0 Å². The molecule has 0 saturated carbocycles. The topological polar surface area (TPSA) is 78.5 Å². The van der Waals surface area contributed by atoms with Gasteiger partial charge in [0, 0.05) is 13.1 Å². The average Bonchev–Trinajstić information content (AvgIpc) is 3.00. The second-order valence-electron chi connectivity index (χ2n) is 5.15. The second kappa shape index (κ2) is 7.41. The van der Waals surface area contributed by atoms with Gasteiger partial charge in [0.15, 0.2) is 0 Å². The Morgan fingerprint density at radius 3 is 2.64 bits per heavy atom. The summed E-state index contributed by atoms with van der Waals surface area (Å²) < 4.78 is 25.8. The van der Waals surface area contributed by atoms with E-state index in [4.69, 9.17) is 11.6 Å². The highest BCUT2D eigenvalue weighted by Crippen LogP contribution is 2.20. The van der Waals surface area contributed by atoms with E-state index in [0.29, 0.717) is 6.54 Å². The Morgan fingerprint density at radius 1 is 1.32 bits per heavy atom. The zero-order valence-electron chi connectivity index (χ0n) is 12.4. The van der Waals surface area contributed by atoms with Crippen molar-refractivity contribution >= 4 is 27.5 Å². The fourth-order valence-electron chi connectivity index (χ4n) is 2.39. The molecule has 1 aromatic carbocycles. The molecule has 2 N–H and O–H groups in total. The van der Waals surface area contributed by atoms with Crippen LogP contribution in [0.2, 0.25) is 5.02 Å². The van der Waals surface area contributed by atoms with Crippen molar-refractivity contribution in [1.82, 2.24) is 14.9 Å². The molecular formula is C14H20ClN3O3S. The van der Waals surface area contributed by atoms with Crippen LogP contribution in [0.4, 0.5) is 0 Å². The minimum Gasteiger partial charge on any atom is -0.351 e. The molecule has 0 bridgehead atoms. The van der Waals surface area contributed by atoms with Gasteiger partial charge in [0.25, 0.3) is 5.91 Å². The highest BCUT2D eigenvalue weighted by Gasteiger charge is 2.17. The smallest absolute Gasteiger partial charge is 0.252 e. The van der Waals surface area contributed by atoms with Crippen molar-refractivity contribution in [2.75, 3.05) is 33.2 Å². The molecule has 0 atom stereocenters. The van der Waals surface area contributed by atoms with Crippen molar-refractivity contribution in [1.29, 1.82) is 0 Å². The van der Waals surface area contributed by atoms with Crippen molar-refractivity contribution in [3.05, 3.63) is 28.8 Å². The number of carbonyl (C=O) groups is 1. The fraction of sp³-hybridized carbons (Fsp3) is 0.500. The molecule has 0 spiro atoms. The van der Waals surface area contributed by atoms with Gasteiger partial charge in [-0.25, -0.2) is 13.1 Å². The van der Waals surface area contributed by atoms with Crippen molar-refractivity contribution in [2.24, 2.45) is 0 Å². The van der Waals surface area contributed by atoms with Gasteiger partial charge >= 0.3 is 0 Å². The van der Waals surface area contributed by atoms with Crippen LogP contribution in [-0.4, -0.2) is 52.5 Å². The van der Waals surface area contributed by atoms with Gasteiger partial charge in [0.2, 0.25) is 10.0 Å². The third-order valence-corrected chi connectivity index (χ3v) is 5.42. The molecule has 122 valence electrons. The zero-order chi connectivity index (χ0) is 16.2. The van der Waals surface area contributed by atoms with Crippen LogP contribution in [0.5, 0.6) is 0 Å². The van der Waals surface area contributed by atoms with E-state index >= 15 is 0 Å². The van der Waals surface area contributed by atoms with Crippen LogP contribution in [0.3, 0.4) is 0 Å². The maximum atomic E-state index is 12.2. The average molecular weight is 346 g/mol. The monoisotopic (exact) mass is 345 g/mol. The summed E-state index contributed by atoms with van der Waals surface area (Å²) in [6, 6.07) is 4.08. The number of sulfonamides is 1. The zero-order valence-corrected chi connectivity index (χ0v) is 14.0. The van der Waals surface area contributed by atoms with E-state index in [9.17, 15) is 13.2 Å². The largest absolute Gasteiger partial charge is 0.351 e. The van der Waals surface area contributed by atoms with Gasteiger partial charge in [-0.1, -0.05) is 11.6 Å². The van der Waals surface area contributed by atoms with Crippen LogP contribution in [0.15, 0.2) is 23.1 Å². The summed E-state index contributed by atoms with van der Waals surface area (Å²) in [5.41, 5.74) is 0.166. The minimum absolute atomic E-state index is 0.0177. The Hall–Kier alpha value is -1.15. The number of amides is 1. The fourth-order valence-corrected chi connectivity index (χ4v) is 3.35. The van der Waals surface area contributed by atoms with Gasteiger partial charge in [-0.3, -0.25) is 4.79 Å². The normalized spacial score (nSPS) is 15.9. The van der Waals surface area contributed by atoms with Crippen LogP contribution in [0, 0.1) is 0 Å². The predicted molar refractivity (Wildman–Crippen MR) is 85.7 cm³/mol. The SMILES string of the molecule is CNS(=O)(=O)c1ccc(Cl)c(C(=O)NCCN2CCCC2)c1. The van der Waals surface area contributed by atoms with Crippen LogP contribution in [0.1, 0.15) is 23.2 Å². The van der Waals surface area contributed by atoms with Crippen molar-refractivity contribution < 1.29 is 13.2 Å². The van der Waals surface area contributed by atoms with Gasteiger partial charge in [-0.05, 0) is 51.2 Å². The van der Waals surface area contributed by atoms with E-state index in [1.54, 1.807) is 0 Å². The first-order valence-corrected chi connectivity index (χ1v) is 9.04. The van der Waals surface area contributed by atoms with Crippen LogP contribution in [-0.2, 0) is 10.0 Å². The molecule has 1 fully saturated rings. The Labute approximate surface area is 135 Å². The summed E-state index contributed by atoms with van der Waals surface area (Å²) in [7, 11) is -2.28. The number of benzene rings is 1. The van der Waals surface area contributed by atoms with Gasteiger partial charge < -0.3 is 10.2 Å². The molecule has 1 aromatic rings. The molecule has 2 rings (SSSR count). The van der Waals surface area contributed by atoms with Crippen molar-refractivity contribution in [2.45, 2.75) is 17.7 Å². The number of nitrogens with zero attached hydrogens (tertiary/aromatic N) is 1. The van der Waals surface area contributed by atoms with Gasteiger partial charge in [0.05, 0.1) is 15.5 Å². The summed E-state index contributed by atoms with van der Waals surface area (Å²) in [5.74, 6) is -0.364. The van der Waals surface area contributed by atoms with Crippen molar-refractivity contribution in [3.8, 4) is 0 Å². The molecular weight excluding hydrogens is 326 g/mol. The lowest BCUT2D eigenvalue weighted by atomic mass is 10.2. The first-order valence-electron chi connectivity index (χ1n) is 7.17. The lowest BCUT2D eigenvalue weighted by Crippen LogP contribution is -2.33. The first kappa shape index (κ1) is 17.2. The molecule has 0 aliphatic carbocycles. The third kappa shape index (κ3) is 4.19. The van der Waals surface area contributed by atoms with E-state index in [1.807, 2.05) is 0 Å². The third-order valence-electron chi connectivity index (χ3n) is 3.67. The standard InChI is InChI=1S/C14H20ClN3O3S/c1-16-22(20,21)11-4-5-13(15)12(10-11)14(19)17-6-9-18-7-2-3-8-18/h4-5,10,16H,2-3,6-9H2,1H3,(H,17,19). The Balaban J connectivity index is 2.03. The van der Waals surface area contributed by atoms with Gasteiger partial charge in [-0.2, -0.15) is 0 Å². The molecule has 22 heavy (non-hydrogen) atoms.